The van der Waals surface area contributed by atoms with Gasteiger partial charge in [0.15, 0.2) is 0 Å². The van der Waals surface area contributed by atoms with E-state index in [4.69, 9.17) is 5.26 Å². The van der Waals surface area contributed by atoms with Crippen molar-refractivity contribution in [2.24, 2.45) is 0 Å². The van der Waals surface area contributed by atoms with Gasteiger partial charge in [0.05, 0.1) is 10.9 Å². The van der Waals surface area contributed by atoms with Crippen LogP contribution in [0.3, 0.4) is 0 Å². The second kappa shape index (κ2) is 5.52. The van der Waals surface area contributed by atoms with E-state index in [1.807, 2.05) is 25.1 Å². The summed E-state index contributed by atoms with van der Waals surface area (Å²) in [6.07, 6.45) is 0.947. The van der Waals surface area contributed by atoms with Crippen LogP contribution in [0.2, 0.25) is 0 Å². The number of carbonyl (C=O) groups is 1. The quantitative estimate of drug-likeness (QED) is 0.734. The first kappa shape index (κ1) is 11.7. The van der Waals surface area contributed by atoms with Crippen molar-refractivity contribution in [3.63, 3.8) is 0 Å². The maximum Gasteiger partial charge on any atom is 0.264 e. The molecule has 0 atom stereocenters. The molecule has 15 heavy (non-hydrogen) atoms. The minimum absolute atomic E-state index is 0.0382. The SMILES string of the molecule is CCc1ccc(C(=O)N(CC)CC#N)s1. The van der Waals surface area contributed by atoms with Crippen LogP contribution in [-0.2, 0) is 6.42 Å². The molecule has 1 aromatic rings. The Labute approximate surface area is 93.9 Å². The van der Waals surface area contributed by atoms with Gasteiger partial charge in [-0.15, -0.1) is 11.3 Å². The average Bonchev–Trinajstić information content (AvgIpc) is 2.73. The molecule has 1 aromatic heterocycles. The van der Waals surface area contributed by atoms with E-state index in [1.165, 1.54) is 16.2 Å². The van der Waals surface area contributed by atoms with Crippen LogP contribution in [0.25, 0.3) is 0 Å². The summed E-state index contributed by atoms with van der Waals surface area (Å²) in [4.78, 5) is 15.4. The Hall–Kier alpha value is -1.34. The number of carbonyl (C=O) groups excluding carboxylic acids is 1. The molecule has 0 N–H and O–H groups in total. The number of aryl methyl sites for hydroxylation is 1. The summed E-state index contributed by atoms with van der Waals surface area (Å²) in [5.74, 6) is -0.0382. The van der Waals surface area contributed by atoms with Crippen molar-refractivity contribution in [3.05, 3.63) is 21.9 Å². The van der Waals surface area contributed by atoms with Crippen molar-refractivity contribution in [2.75, 3.05) is 13.1 Å². The second-order valence-electron chi connectivity index (χ2n) is 3.10. The van der Waals surface area contributed by atoms with E-state index in [0.717, 1.165) is 11.3 Å². The lowest BCUT2D eigenvalue weighted by Crippen LogP contribution is -2.30. The predicted molar refractivity (Wildman–Crippen MR) is 60.9 cm³/mol. The van der Waals surface area contributed by atoms with E-state index < -0.39 is 0 Å². The smallest absolute Gasteiger partial charge is 0.264 e. The third kappa shape index (κ3) is 2.80. The normalized spacial score (nSPS) is 9.67. The molecule has 1 rings (SSSR count). The van der Waals surface area contributed by atoms with Crippen LogP contribution in [0, 0.1) is 11.3 Å². The first-order chi connectivity index (χ1) is 7.22. The van der Waals surface area contributed by atoms with Gasteiger partial charge in [0.1, 0.15) is 6.54 Å². The van der Waals surface area contributed by atoms with Crippen LogP contribution < -0.4 is 0 Å². The summed E-state index contributed by atoms with van der Waals surface area (Å²) in [5.41, 5.74) is 0. The number of hydrogen-bond acceptors (Lipinski definition) is 3. The third-order valence-electron chi connectivity index (χ3n) is 2.15. The van der Waals surface area contributed by atoms with E-state index in [0.29, 0.717) is 6.54 Å². The van der Waals surface area contributed by atoms with E-state index in [1.54, 1.807) is 4.90 Å². The molecule has 3 nitrogen and oxygen atoms in total. The van der Waals surface area contributed by atoms with Gasteiger partial charge in [-0.1, -0.05) is 6.92 Å². The summed E-state index contributed by atoms with van der Waals surface area (Å²) in [6.45, 7) is 4.68. The van der Waals surface area contributed by atoms with Crippen LogP contribution in [0.5, 0.6) is 0 Å². The fourth-order valence-electron chi connectivity index (χ4n) is 1.25. The molecule has 0 fully saturated rings. The van der Waals surface area contributed by atoms with Crippen LogP contribution >= 0.6 is 11.3 Å². The molecule has 4 heteroatoms. The lowest BCUT2D eigenvalue weighted by molar-refractivity contribution is 0.0789. The summed E-state index contributed by atoms with van der Waals surface area (Å²) < 4.78 is 0. The Morgan fingerprint density at radius 2 is 2.27 bits per heavy atom. The van der Waals surface area contributed by atoms with Gasteiger partial charge in [0.2, 0.25) is 0 Å². The molecule has 0 spiro atoms. The molecule has 0 saturated carbocycles. The fraction of sp³-hybridized carbons (Fsp3) is 0.455. The zero-order chi connectivity index (χ0) is 11.3. The van der Waals surface area contributed by atoms with Gasteiger partial charge in [-0.25, -0.2) is 0 Å². The van der Waals surface area contributed by atoms with E-state index in [-0.39, 0.29) is 12.5 Å². The Kier molecular flexibility index (Phi) is 4.32. The molecule has 0 aliphatic heterocycles. The minimum Gasteiger partial charge on any atom is -0.325 e. The fourth-order valence-corrected chi connectivity index (χ4v) is 2.17. The summed E-state index contributed by atoms with van der Waals surface area (Å²) in [5, 5.41) is 8.57. The molecule has 0 bridgehead atoms. The monoisotopic (exact) mass is 222 g/mol. The highest BCUT2D eigenvalue weighted by Gasteiger charge is 2.15. The summed E-state index contributed by atoms with van der Waals surface area (Å²) in [7, 11) is 0. The molecular formula is C11H14N2OS. The van der Waals surface area contributed by atoms with Crippen LogP contribution in [0.4, 0.5) is 0 Å². The van der Waals surface area contributed by atoms with Crippen molar-refractivity contribution in [3.8, 4) is 6.07 Å². The topological polar surface area (TPSA) is 44.1 Å². The first-order valence-corrected chi connectivity index (χ1v) is 5.79. The minimum atomic E-state index is -0.0382. The van der Waals surface area contributed by atoms with Crippen molar-refractivity contribution < 1.29 is 4.79 Å². The maximum absolute atomic E-state index is 11.9. The molecule has 1 heterocycles. The standard InChI is InChI=1S/C11H14N2OS/c1-3-9-5-6-10(15-9)11(14)13(4-2)8-7-12/h5-6H,3-4,8H2,1-2H3. The number of rotatable bonds is 4. The second-order valence-corrected chi connectivity index (χ2v) is 4.27. The van der Waals surface area contributed by atoms with Gasteiger partial charge in [-0.2, -0.15) is 5.26 Å². The Morgan fingerprint density at radius 3 is 2.73 bits per heavy atom. The number of hydrogen-bond donors (Lipinski definition) is 0. The van der Waals surface area contributed by atoms with E-state index in [9.17, 15) is 4.79 Å². The van der Waals surface area contributed by atoms with Gasteiger partial charge >= 0.3 is 0 Å². The van der Waals surface area contributed by atoms with Gasteiger partial charge in [-0.3, -0.25) is 4.79 Å². The van der Waals surface area contributed by atoms with E-state index in [2.05, 4.69) is 6.92 Å². The van der Waals surface area contributed by atoms with Crippen molar-refractivity contribution in [2.45, 2.75) is 20.3 Å². The van der Waals surface area contributed by atoms with E-state index >= 15 is 0 Å². The highest BCUT2D eigenvalue weighted by Crippen LogP contribution is 2.18. The Morgan fingerprint density at radius 1 is 1.53 bits per heavy atom. The first-order valence-electron chi connectivity index (χ1n) is 4.97. The highest BCUT2D eigenvalue weighted by molar-refractivity contribution is 7.14. The highest BCUT2D eigenvalue weighted by atomic mass is 32.1. The molecule has 0 unspecified atom stereocenters. The average molecular weight is 222 g/mol. The van der Waals surface area contributed by atoms with Crippen molar-refractivity contribution in [1.82, 2.24) is 4.90 Å². The Bertz CT molecular complexity index is 378. The number of nitrogens with zero attached hydrogens (tertiary/aromatic N) is 2. The number of nitriles is 1. The largest absolute Gasteiger partial charge is 0.325 e. The zero-order valence-electron chi connectivity index (χ0n) is 8.99. The van der Waals surface area contributed by atoms with Gasteiger partial charge in [-0.05, 0) is 25.5 Å². The van der Waals surface area contributed by atoms with Crippen molar-refractivity contribution >= 4 is 17.2 Å². The third-order valence-corrected chi connectivity index (χ3v) is 3.37. The lowest BCUT2D eigenvalue weighted by atomic mass is 10.3. The van der Waals surface area contributed by atoms with Gasteiger partial charge in [0.25, 0.3) is 5.91 Å². The number of thiophene rings is 1. The predicted octanol–water partition coefficient (Wildman–Crippen LogP) is 2.30. The molecule has 0 aliphatic carbocycles. The summed E-state index contributed by atoms with van der Waals surface area (Å²) in [6, 6.07) is 5.81. The van der Waals surface area contributed by atoms with Gasteiger partial charge in [0, 0.05) is 11.4 Å². The zero-order valence-corrected chi connectivity index (χ0v) is 9.80. The van der Waals surface area contributed by atoms with Crippen LogP contribution in [0.1, 0.15) is 28.4 Å². The summed E-state index contributed by atoms with van der Waals surface area (Å²) >= 11 is 1.51. The Balaban J connectivity index is 2.79. The maximum atomic E-state index is 11.9. The van der Waals surface area contributed by atoms with Crippen molar-refractivity contribution in [1.29, 1.82) is 5.26 Å². The molecule has 1 amide bonds. The molecule has 0 radical (unpaired) electrons. The number of amides is 1. The molecule has 0 saturated heterocycles. The van der Waals surface area contributed by atoms with Crippen LogP contribution in [0.15, 0.2) is 12.1 Å². The molecule has 0 aliphatic rings. The molecule has 80 valence electrons. The molecule has 0 aromatic carbocycles. The van der Waals surface area contributed by atoms with Gasteiger partial charge < -0.3 is 4.90 Å². The van der Waals surface area contributed by atoms with Crippen LogP contribution in [-0.4, -0.2) is 23.9 Å². The molecular weight excluding hydrogens is 208 g/mol. The lowest BCUT2D eigenvalue weighted by Gasteiger charge is -2.15.